The third-order valence-electron chi connectivity index (χ3n) is 4.58. The quantitative estimate of drug-likeness (QED) is 0.810. The van der Waals surface area contributed by atoms with Crippen molar-refractivity contribution in [2.75, 3.05) is 19.6 Å². The summed E-state index contributed by atoms with van der Waals surface area (Å²) in [5.74, 6) is -0.0656. The van der Waals surface area contributed by atoms with Crippen LogP contribution < -0.4 is 10.6 Å². The molecule has 1 heterocycles. The van der Waals surface area contributed by atoms with Crippen LogP contribution in [0.5, 0.6) is 0 Å². The first kappa shape index (κ1) is 21.7. The first-order chi connectivity index (χ1) is 13.2. The van der Waals surface area contributed by atoms with E-state index in [4.69, 9.17) is 4.74 Å². The molecule has 0 bridgehead atoms. The van der Waals surface area contributed by atoms with Crippen molar-refractivity contribution in [3.8, 4) is 0 Å². The lowest BCUT2D eigenvalue weighted by Gasteiger charge is -2.32. The van der Waals surface area contributed by atoms with Gasteiger partial charge in [-0.15, -0.1) is 0 Å². The smallest absolute Gasteiger partial charge is 0.407 e. The van der Waals surface area contributed by atoms with E-state index in [9.17, 15) is 14.4 Å². The van der Waals surface area contributed by atoms with E-state index in [1.807, 2.05) is 31.2 Å². The molecular weight excluding hydrogens is 358 g/mol. The highest BCUT2D eigenvalue weighted by Gasteiger charge is 2.24. The maximum Gasteiger partial charge on any atom is 0.407 e. The van der Waals surface area contributed by atoms with Crippen LogP contribution in [0, 0.1) is 6.92 Å². The SMILES string of the molecule is Cc1ccccc1C(=O)NC1CCN(C(=O)CCNC(=O)OC(C)(C)C)CC1. The van der Waals surface area contributed by atoms with Gasteiger partial charge in [0.05, 0.1) is 0 Å². The van der Waals surface area contributed by atoms with Crippen LogP contribution in [0.15, 0.2) is 24.3 Å². The topological polar surface area (TPSA) is 87.7 Å². The Labute approximate surface area is 166 Å². The Morgan fingerprint density at radius 2 is 1.79 bits per heavy atom. The number of rotatable bonds is 5. The number of ether oxygens (including phenoxy) is 1. The maximum absolute atomic E-state index is 12.4. The van der Waals surface area contributed by atoms with E-state index in [0.29, 0.717) is 18.7 Å². The molecule has 2 rings (SSSR count). The molecule has 1 aliphatic rings. The largest absolute Gasteiger partial charge is 0.444 e. The molecule has 154 valence electrons. The molecule has 7 nitrogen and oxygen atoms in total. The molecule has 0 radical (unpaired) electrons. The number of alkyl carbamates (subject to hydrolysis) is 1. The molecule has 0 aliphatic carbocycles. The lowest BCUT2D eigenvalue weighted by atomic mass is 10.0. The van der Waals surface area contributed by atoms with Crippen molar-refractivity contribution in [2.24, 2.45) is 0 Å². The summed E-state index contributed by atoms with van der Waals surface area (Å²) in [4.78, 5) is 38.1. The molecule has 7 heteroatoms. The van der Waals surface area contributed by atoms with Gasteiger partial charge in [0, 0.05) is 37.7 Å². The summed E-state index contributed by atoms with van der Waals surface area (Å²) in [6, 6.07) is 7.57. The second-order valence-corrected chi connectivity index (χ2v) is 8.12. The fourth-order valence-electron chi connectivity index (χ4n) is 3.11. The van der Waals surface area contributed by atoms with Crippen molar-refractivity contribution in [1.82, 2.24) is 15.5 Å². The van der Waals surface area contributed by atoms with E-state index in [-0.39, 0.29) is 30.8 Å². The van der Waals surface area contributed by atoms with Gasteiger partial charge < -0.3 is 20.3 Å². The van der Waals surface area contributed by atoms with E-state index >= 15 is 0 Å². The van der Waals surface area contributed by atoms with Crippen LogP contribution in [0.4, 0.5) is 4.79 Å². The highest BCUT2D eigenvalue weighted by atomic mass is 16.6. The Hall–Kier alpha value is -2.57. The lowest BCUT2D eigenvalue weighted by Crippen LogP contribution is -2.47. The van der Waals surface area contributed by atoms with Gasteiger partial charge in [0.15, 0.2) is 0 Å². The summed E-state index contributed by atoms with van der Waals surface area (Å²) in [7, 11) is 0. The highest BCUT2D eigenvalue weighted by Crippen LogP contribution is 2.14. The fraction of sp³-hybridized carbons (Fsp3) is 0.571. The molecule has 0 unspecified atom stereocenters. The van der Waals surface area contributed by atoms with E-state index in [1.165, 1.54) is 0 Å². The monoisotopic (exact) mass is 389 g/mol. The number of nitrogens with one attached hydrogen (secondary N) is 2. The van der Waals surface area contributed by atoms with Gasteiger partial charge in [0.1, 0.15) is 5.60 Å². The molecular formula is C21H31N3O4. The number of aryl methyl sites for hydroxylation is 1. The van der Waals surface area contributed by atoms with Crippen molar-refractivity contribution in [3.63, 3.8) is 0 Å². The standard InChI is InChI=1S/C21H31N3O4/c1-15-7-5-6-8-17(15)19(26)23-16-10-13-24(14-11-16)18(25)9-12-22-20(27)28-21(2,3)4/h5-8,16H,9-14H2,1-4H3,(H,22,27)(H,23,26). The average Bonchev–Trinajstić information content (AvgIpc) is 2.61. The van der Waals surface area contributed by atoms with Crippen molar-refractivity contribution in [1.29, 1.82) is 0 Å². The van der Waals surface area contributed by atoms with Crippen LogP contribution in [0.2, 0.25) is 0 Å². The van der Waals surface area contributed by atoms with Gasteiger partial charge in [0.2, 0.25) is 5.91 Å². The molecule has 3 amide bonds. The molecule has 0 atom stereocenters. The minimum atomic E-state index is -0.557. The zero-order valence-electron chi connectivity index (χ0n) is 17.2. The normalized spacial score (nSPS) is 15.1. The first-order valence-electron chi connectivity index (χ1n) is 9.77. The Morgan fingerprint density at radius 1 is 1.14 bits per heavy atom. The van der Waals surface area contributed by atoms with E-state index in [2.05, 4.69) is 10.6 Å². The third kappa shape index (κ3) is 6.87. The Bertz CT molecular complexity index is 704. The molecule has 1 aliphatic heterocycles. The van der Waals surface area contributed by atoms with Crippen LogP contribution in [0.1, 0.15) is 56.0 Å². The van der Waals surface area contributed by atoms with Crippen LogP contribution in [0.3, 0.4) is 0 Å². The number of carbonyl (C=O) groups excluding carboxylic acids is 3. The first-order valence-corrected chi connectivity index (χ1v) is 9.77. The van der Waals surface area contributed by atoms with Crippen molar-refractivity contribution >= 4 is 17.9 Å². The minimum Gasteiger partial charge on any atom is -0.444 e. The second-order valence-electron chi connectivity index (χ2n) is 8.12. The van der Waals surface area contributed by atoms with Gasteiger partial charge in [-0.1, -0.05) is 18.2 Å². The Morgan fingerprint density at radius 3 is 2.39 bits per heavy atom. The van der Waals surface area contributed by atoms with Gasteiger partial charge in [-0.3, -0.25) is 9.59 Å². The number of hydrogen-bond acceptors (Lipinski definition) is 4. The number of likely N-dealkylation sites (tertiary alicyclic amines) is 1. The van der Waals surface area contributed by atoms with Gasteiger partial charge in [-0.25, -0.2) is 4.79 Å². The van der Waals surface area contributed by atoms with E-state index < -0.39 is 11.7 Å². The summed E-state index contributed by atoms with van der Waals surface area (Å²) in [6.07, 6.45) is 1.17. The predicted molar refractivity (Wildman–Crippen MR) is 107 cm³/mol. The summed E-state index contributed by atoms with van der Waals surface area (Å²) in [5.41, 5.74) is 1.08. The molecule has 1 fully saturated rings. The predicted octanol–water partition coefficient (Wildman–Crippen LogP) is 2.63. The summed E-state index contributed by atoms with van der Waals surface area (Å²) in [6.45, 7) is 8.74. The summed E-state index contributed by atoms with van der Waals surface area (Å²) < 4.78 is 5.15. The van der Waals surface area contributed by atoms with Gasteiger partial charge in [-0.05, 0) is 52.2 Å². The molecule has 28 heavy (non-hydrogen) atoms. The van der Waals surface area contributed by atoms with Gasteiger partial charge in [0.25, 0.3) is 5.91 Å². The molecule has 2 N–H and O–H groups in total. The van der Waals surface area contributed by atoms with Crippen LogP contribution in [-0.4, -0.2) is 54.1 Å². The van der Waals surface area contributed by atoms with Crippen molar-refractivity contribution < 1.29 is 19.1 Å². The molecule has 0 aromatic heterocycles. The minimum absolute atomic E-state index is 0.000242. The highest BCUT2D eigenvalue weighted by molar-refractivity contribution is 5.95. The maximum atomic E-state index is 12.4. The number of benzene rings is 1. The molecule has 0 saturated carbocycles. The van der Waals surface area contributed by atoms with Crippen LogP contribution in [-0.2, 0) is 9.53 Å². The molecule has 1 saturated heterocycles. The summed E-state index contributed by atoms with van der Waals surface area (Å²) >= 11 is 0. The Balaban J connectivity index is 1.70. The number of carbonyl (C=O) groups is 3. The van der Waals surface area contributed by atoms with E-state index in [0.717, 1.165) is 18.4 Å². The fourth-order valence-corrected chi connectivity index (χ4v) is 3.11. The number of hydrogen-bond donors (Lipinski definition) is 2. The number of nitrogens with zero attached hydrogens (tertiary/aromatic N) is 1. The van der Waals surface area contributed by atoms with Gasteiger partial charge >= 0.3 is 6.09 Å². The van der Waals surface area contributed by atoms with Gasteiger partial charge in [-0.2, -0.15) is 0 Å². The Kier molecular flexibility index (Phi) is 7.43. The average molecular weight is 389 g/mol. The lowest BCUT2D eigenvalue weighted by molar-refractivity contribution is -0.132. The van der Waals surface area contributed by atoms with E-state index in [1.54, 1.807) is 25.7 Å². The van der Waals surface area contributed by atoms with Crippen LogP contribution in [0.25, 0.3) is 0 Å². The molecule has 1 aromatic rings. The zero-order valence-corrected chi connectivity index (χ0v) is 17.2. The zero-order chi connectivity index (χ0) is 20.7. The van der Waals surface area contributed by atoms with Crippen molar-refractivity contribution in [2.45, 2.75) is 58.6 Å². The number of piperidine rings is 1. The summed E-state index contributed by atoms with van der Waals surface area (Å²) in [5, 5.41) is 5.67. The molecule has 1 aromatic carbocycles. The third-order valence-corrected chi connectivity index (χ3v) is 4.58. The van der Waals surface area contributed by atoms with Crippen LogP contribution >= 0.6 is 0 Å². The second kappa shape index (κ2) is 9.57. The number of amides is 3. The van der Waals surface area contributed by atoms with Crippen molar-refractivity contribution in [3.05, 3.63) is 35.4 Å². The molecule has 0 spiro atoms.